The Labute approximate surface area is 598 Å². The van der Waals surface area contributed by atoms with Crippen LogP contribution in [-0.2, 0) is 0 Å². The maximum Gasteiger partial charge on any atom is 0.213 e. The summed E-state index contributed by atoms with van der Waals surface area (Å²) in [5.74, 6) is 0. The molecule has 16 aromatic heterocycles. The molecule has 27 nitrogen and oxygen atoms in total. The van der Waals surface area contributed by atoms with Crippen LogP contribution in [0.4, 0.5) is 0 Å². The van der Waals surface area contributed by atoms with Gasteiger partial charge >= 0.3 is 0 Å². The van der Waals surface area contributed by atoms with Crippen LogP contribution < -0.4 is 0 Å². The Hall–Kier alpha value is -12.4. The maximum absolute atomic E-state index is 4.58. The van der Waals surface area contributed by atoms with Crippen LogP contribution in [0.2, 0.25) is 0 Å². The van der Waals surface area contributed by atoms with Gasteiger partial charge in [0.15, 0.2) is 12.7 Å². The molecule has 0 fully saturated rings. The Kier molecular flexibility index (Phi) is 134. The Morgan fingerprint density at radius 3 is 0.848 bits per heavy atom. The van der Waals surface area contributed by atoms with Crippen molar-refractivity contribution in [2.45, 2.75) is 96.5 Å². The Morgan fingerprint density at radius 1 is 0.242 bits per heavy atom. The number of nitrogens with zero attached hydrogens (tertiary/aromatic N) is 19. The van der Waals surface area contributed by atoms with Crippen molar-refractivity contribution in [3.05, 3.63) is 349 Å². The molecule has 0 aliphatic carbocycles. The van der Waals surface area contributed by atoms with Gasteiger partial charge in [-0.25, -0.2) is 34.9 Å². The van der Waals surface area contributed by atoms with Crippen molar-refractivity contribution < 1.29 is 17.8 Å². The van der Waals surface area contributed by atoms with E-state index in [9.17, 15) is 0 Å². The first-order valence-corrected chi connectivity index (χ1v) is 26.3. The summed E-state index contributed by atoms with van der Waals surface area (Å²) in [7, 11) is 0. The summed E-state index contributed by atoms with van der Waals surface area (Å²) < 4.78 is 17.6. The number of rotatable bonds is 0. The van der Waals surface area contributed by atoms with Gasteiger partial charge in [-0.3, -0.25) is 25.0 Å². The van der Waals surface area contributed by atoms with E-state index in [2.05, 4.69) is 133 Å². The van der Waals surface area contributed by atoms with Crippen LogP contribution >= 0.6 is 22.7 Å². The predicted octanol–water partition coefficient (Wildman–Crippen LogP) is 19.6. The quantitative estimate of drug-likeness (QED) is 0.110. The molecule has 0 spiro atoms. The van der Waals surface area contributed by atoms with Gasteiger partial charge in [-0.15, -0.1) is 21.5 Å². The Morgan fingerprint density at radius 2 is 0.717 bits per heavy atom. The third-order valence-electron chi connectivity index (χ3n) is 6.88. The highest BCUT2D eigenvalue weighted by Gasteiger charge is 1.66. The average Bonchev–Trinajstić information content (AvgIpc) is 4.54. The predicted molar refractivity (Wildman–Crippen MR) is 411 cm³/mol. The lowest BCUT2D eigenvalue weighted by Gasteiger charge is -1.70. The van der Waals surface area contributed by atoms with E-state index in [4.69, 9.17) is 0 Å². The van der Waals surface area contributed by atoms with Gasteiger partial charge in [0.05, 0.1) is 30.6 Å². The van der Waals surface area contributed by atoms with Gasteiger partial charge in [-0.1, -0.05) is 120 Å². The molecule has 544 valence electrons. The first kappa shape index (κ1) is 117. The number of thiazole rings is 1. The van der Waals surface area contributed by atoms with E-state index in [0.29, 0.717) is 0 Å². The molecule has 0 saturated heterocycles. The molecule has 0 bridgehead atoms. The van der Waals surface area contributed by atoms with Crippen LogP contribution in [0.3, 0.4) is 0 Å². The standard InChI is InChI=1S/C5H5N.5C4H4N2.2C4H5N.C4H4O.C4H4S.2C3H4N2.C3H3NO.C3H3NS.2C2H2N2O.13CH4/c1-2-4-6-5-3-1;1-2-6-4-3-5-1;2*1-2-5-4-6-3-1;2*1-2-4-6-5-3-1;4*1-2-4-5-3-1;1-2-5-3-4-1;1-2-4-5-3-1;2*1-2-5-3-4-1;1-3-4-2-5-1;1-3-2-5-4-1;;;;;;;;;;;;;/h1-5H;5*1-4H;2*1-5H;2*1-4H;2*1-3H,(H,4,5);2*1-3H;2*1-2H;13*1H4. The number of aromatic nitrogens is 23. The molecule has 4 N–H and O–H groups in total. The molecule has 0 aromatic carbocycles. The highest BCUT2D eigenvalue weighted by Crippen LogP contribution is 1.91. The van der Waals surface area contributed by atoms with Crippen molar-refractivity contribution in [3.8, 4) is 0 Å². The zero-order chi connectivity index (χ0) is 60.8. The van der Waals surface area contributed by atoms with Gasteiger partial charge in [0.1, 0.15) is 18.9 Å². The van der Waals surface area contributed by atoms with Gasteiger partial charge in [-0.2, -0.15) is 36.8 Å². The lowest BCUT2D eigenvalue weighted by molar-refractivity contribution is 0.416. The smallest absolute Gasteiger partial charge is 0.213 e. The van der Waals surface area contributed by atoms with Crippen molar-refractivity contribution >= 4 is 22.7 Å². The van der Waals surface area contributed by atoms with Crippen molar-refractivity contribution in [1.82, 2.24) is 116 Å². The Bertz CT molecular complexity index is 2230. The number of hydrogen-bond acceptors (Lipinski definition) is 25. The van der Waals surface area contributed by atoms with Gasteiger partial charge in [0, 0.05) is 148 Å². The molecule has 0 unspecified atom stereocenters. The normalized spacial score (nSPS) is 6.95. The fourth-order valence-electron chi connectivity index (χ4n) is 3.64. The average molecular weight is 1400 g/mol. The van der Waals surface area contributed by atoms with E-state index >= 15 is 0 Å². The lowest BCUT2D eigenvalue weighted by Crippen LogP contribution is -1.69. The molecule has 29 heteroatoms. The van der Waals surface area contributed by atoms with E-state index in [0.717, 1.165) is 0 Å². The largest absolute Gasteiger partial charge is 0.473 e. The van der Waals surface area contributed by atoms with Crippen LogP contribution in [0.1, 0.15) is 96.5 Å². The highest BCUT2D eigenvalue weighted by atomic mass is 32.1. The number of H-pyrrole nitrogens is 4. The third-order valence-corrected chi connectivity index (χ3v) is 8.03. The van der Waals surface area contributed by atoms with E-state index < -0.39 is 0 Å². The van der Waals surface area contributed by atoms with Crippen molar-refractivity contribution in [2.24, 2.45) is 0 Å². The summed E-state index contributed by atoms with van der Waals surface area (Å²) >= 11 is 3.31. The first-order valence-electron chi connectivity index (χ1n) is 24.4. The second kappa shape index (κ2) is 113. The fraction of sp³-hybridized carbons (Fsp3) is 0.186. The SMILES string of the molecule is C.C.C.C.C.C.C.C.C.C.C.C.C.c1c[nH]cn1.c1cc[nH]c1.c1cc[nH]c1.c1ccncc1.c1ccnnc1.c1ccnnc1.c1ccoc1.c1ccsc1.c1cn[nH]c1.c1cnccn1.c1cncnc1.c1cncnc1.c1cocn1.c1cscn1.c1ncon1.c1nnco1. The van der Waals surface area contributed by atoms with Gasteiger partial charge in [0.2, 0.25) is 19.2 Å². The van der Waals surface area contributed by atoms with Crippen LogP contribution in [0.15, 0.2) is 367 Å². The second-order valence-corrected chi connectivity index (χ2v) is 14.5. The topological polar surface area (TPSA) is 361 Å². The van der Waals surface area contributed by atoms with Crippen LogP contribution in [-0.4, -0.2) is 116 Å². The third kappa shape index (κ3) is 110. The van der Waals surface area contributed by atoms with E-state index in [1.807, 2.05) is 138 Å². The van der Waals surface area contributed by atoms with Gasteiger partial charge in [0.25, 0.3) is 0 Å². The zero-order valence-electron chi connectivity index (χ0n) is 45.9. The van der Waals surface area contributed by atoms with Gasteiger partial charge in [-0.05, 0) is 102 Å². The van der Waals surface area contributed by atoms with E-state index in [1.54, 1.807) is 183 Å². The summed E-state index contributed by atoms with van der Waals surface area (Å²) in [6, 6.07) is 33.9. The summed E-state index contributed by atoms with van der Waals surface area (Å²) in [4.78, 5) is 48.8. The lowest BCUT2D eigenvalue weighted by atomic mass is 10.5. The molecule has 16 heterocycles. The molecule has 0 radical (unpaired) electrons. The highest BCUT2D eigenvalue weighted by molar-refractivity contribution is 7.07. The molecule has 16 rings (SSSR count). The second-order valence-electron chi connectivity index (χ2n) is 12.9. The number of hydrogen-bond donors (Lipinski definition) is 4. The summed E-state index contributed by atoms with van der Waals surface area (Å²) in [5, 5.41) is 36.2. The molecule has 0 aliphatic heterocycles. The van der Waals surface area contributed by atoms with E-state index in [1.165, 1.54) is 50.8 Å². The zero-order valence-corrected chi connectivity index (χ0v) is 47.5. The number of oxazole rings is 1. The van der Waals surface area contributed by atoms with Crippen LogP contribution in [0.5, 0.6) is 0 Å². The molecule has 0 saturated carbocycles. The fourth-order valence-corrected chi connectivity index (χ4v) is 4.45. The summed E-state index contributed by atoms with van der Waals surface area (Å²) in [6.07, 6.45) is 57.0. The summed E-state index contributed by atoms with van der Waals surface area (Å²) in [6.45, 7) is 0. The summed E-state index contributed by atoms with van der Waals surface area (Å²) in [5.41, 5.74) is 1.79. The molecular formula is C70H113N23O4S2. The monoisotopic (exact) mass is 1400 g/mol. The molecule has 16 aromatic rings. The number of pyridine rings is 1. The maximum atomic E-state index is 4.58. The van der Waals surface area contributed by atoms with Crippen molar-refractivity contribution in [3.63, 3.8) is 0 Å². The van der Waals surface area contributed by atoms with Crippen molar-refractivity contribution in [1.29, 1.82) is 0 Å². The van der Waals surface area contributed by atoms with Gasteiger partial charge < -0.3 is 32.7 Å². The molecule has 0 atom stereocenters. The number of thiophene rings is 1. The van der Waals surface area contributed by atoms with Crippen molar-refractivity contribution in [2.75, 3.05) is 0 Å². The number of imidazole rings is 1. The molecule has 0 amide bonds. The Balaban J connectivity index is -0.0000000719. The van der Waals surface area contributed by atoms with Crippen LogP contribution in [0.25, 0.3) is 0 Å². The molecular weight excluding hydrogens is 1290 g/mol. The van der Waals surface area contributed by atoms with Crippen LogP contribution in [0, 0.1) is 0 Å². The number of furan rings is 1. The molecule has 0 aliphatic rings. The number of nitrogens with one attached hydrogen (secondary N) is 4. The minimum atomic E-state index is 0. The first-order chi connectivity index (χ1) is 43.0. The minimum absolute atomic E-state index is 0. The minimum Gasteiger partial charge on any atom is -0.473 e. The van der Waals surface area contributed by atoms with E-state index in [-0.39, 0.29) is 96.5 Å². The number of aromatic amines is 4. The molecule has 99 heavy (non-hydrogen) atoms.